The van der Waals surface area contributed by atoms with E-state index in [0.717, 1.165) is 16.4 Å². The minimum Gasteiger partial charge on any atom is -0.355 e. The van der Waals surface area contributed by atoms with Gasteiger partial charge in [-0.1, -0.05) is 26.0 Å². The molecule has 0 unspecified atom stereocenters. The lowest BCUT2D eigenvalue weighted by molar-refractivity contribution is -0.121. The lowest BCUT2D eigenvalue weighted by Crippen LogP contribution is -2.41. The summed E-state index contributed by atoms with van der Waals surface area (Å²) in [6.07, 6.45) is 1.72. The molecule has 0 heterocycles. The van der Waals surface area contributed by atoms with E-state index in [9.17, 15) is 9.59 Å². The molecule has 20 heavy (non-hydrogen) atoms. The first-order valence-electron chi connectivity index (χ1n) is 6.90. The van der Waals surface area contributed by atoms with Gasteiger partial charge in [0.25, 0.3) is 5.91 Å². The monoisotopic (exact) mass is 388 g/mol. The van der Waals surface area contributed by atoms with Crippen LogP contribution in [0.1, 0.15) is 37.0 Å². The van der Waals surface area contributed by atoms with E-state index >= 15 is 0 Å². The van der Waals surface area contributed by atoms with Gasteiger partial charge in [-0.3, -0.25) is 9.59 Å². The summed E-state index contributed by atoms with van der Waals surface area (Å²) in [4.78, 5) is 25.9. The summed E-state index contributed by atoms with van der Waals surface area (Å²) in [5, 5.41) is 2.81. The van der Waals surface area contributed by atoms with Crippen LogP contribution in [0.15, 0.2) is 24.3 Å². The van der Waals surface area contributed by atoms with Crippen LogP contribution in [0.4, 0.5) is 0 Å². The van der Waals surface area contributed by atoms with Gasteiger partial charge in [0.05, 0.1) is 12.1 Å². The summed E-state index contributed by atoms with van der Waals surface area (Å²) >= 11 is 2.15. The van der Waals surface area contributed by atoms with Crippen molar-refractivity contribution in [3.05, 3.63) is 33.4 Å². The number of halogens is 1. The first-order valence-corrected chi connectivity index (χ1v) is 7.98. The highest BCUT2D eigenvalue weighted by Gasteiger charge is 2.19. The van der Waals surface area contributed by atoms with Crippen molar-refractivity contribution < 1.29 is 9.59 Å². The second-order valence-electron chi connectivity index (χ2n) is 4.56. The Morgan fingerprint density at radius 1 is 1.20 bits per heavy atom. The van der Waals surface area contributed by atoms with E-state index in [4.69, 9.17) is 0 Å². The Balaban J connectivity index is 2.77. The number of amides is 2. The van der Waals surface area contributed by atoms with Crippen LogP contribution in [-0.4, -0.2) is 36.3 Å². The molecule has 1 aromatic carbocycles. The topological polar surface area (TPSA) is 49.4 Å². The predicted octanol–water partition coefficient (Wildman–Crippen LogP) is 2.67. The van der Waals surface area contributed by atoms with Gasteiger partial charge >= 0.3 is 0 Å². The number of benzene rings is 1. The van der Waals surface area contributed by atoms with E-state index in [1.165, 1.54) is 0 Å². The summed E-state index contributed by atoms with van der Waals surface area (Å²) < 4.78 is 0.908. The number of hydrogen-bond acceptors (Lipinski definition) is 2. The Hall–Kier alpha value is -1.11. The number of hydrogen-bond donors (Lipinski definition) is 1. The fraction of sp³-hybridized carbons (Fsp3) is 0.467. The predicted molar refractivity (Wildman–Crippen MR) is 88.7 cm³/mol. The van der Waals surface area contributed by atoms with Crippen molar-refractivity contribution in [2.45, 2.75) is 26.7 Å². The van der Waals surface area contributed by atoms with Gasteiger partial charge in [0.2, 0.25) is 5.91 Å². The highest BCUT2D eigenvalue weighted by molar-refractivity contribution is 14.1. The number of nitrogens with zero attached hydrogens (tertiary/aromatic N) is 1. The second-order valence-corrected chi connectivity index (χ2v) is 5.72. The quantitative estimate of drug-likeness (QED) is 0.731. The maximum absolute atomic E-state index is 12.5. The van der Waals surface area contributed by atoms with E-state index in [1.54, 1.807) is 11.0 Å². The van der Waals surface area contributed by atoms with Crippen molar-refractivity contribution in [1.29, 1.82) is 0 Å². The summed E-state index contributed by atoms with van der Waals surface area (Å²) in [7, 11) is 0. The van der Waals surface area contributed by atoms with E-state index in [1.807, 2.05) is 32.0 Å². The lowest BCUT2D eigenvalue weighted by Gasteiger charge is -2.22. The zero-order valence-corrected chi connectivity index (χ0v) is 14.1. The van der Waals surface area contributed by atoms with Crippen LogP contribution < -0.4 is 5.32 Å². The van der Waals surface area contributed by atoms with Crippen LogP contribution in [0.5, 0.6) is 0 Å². The second kappa shape index (κ2) is 8.94. The number of nitrogens with one attached hydrogen (secondary N) is 1. The molecule has 0 saturated carbocycles. The zero-order chi connectivity index (χ0) is 15.0. The molecular weight excluding hydrogens is 367 g/mol. The highest BCUT2D eigenvalue weighted by Crippen LogP contribution is 2.14. The highest BCUT2D eigenvalue weighted by atomic mass is 127. The molecular formula is C15H21IN2O2. The molecule has 0 radical (unpaired) electrons. The fourth-order valence-corrected chi connectivity index (χ4v) is 2.44. The van der Waals surface area contributed by atoms with Gasteiger partial charge in [-0.15, -0.1) is 0 Å². The summed E-state index contributed by atoms with van der Waals surface area (Å²) in [6, 6.07) is 7.44. The normalized spacial score (nSPS) is 10.2. The van der Waals surface area contributed by atoms with Crippen molar-refractivity contribution in [3.63, 3.8) is 0 Å². The molecule has 0 bridgehead atoms. The SMILES string of the molecule is CCCNC(=O)CN(CCC)C(=O)c1ccccc1I. The molecule has 1 aromatic rings. The van der Waals surface area contributed by atoms with E-state index in [2.05, 4.69) is 27.9 Å². The maximum atomic E-state index is 12.5. The molecule has 0 aliphatic rings. The maximum Gasteiger partial charge on any atom is 0.255 e. The zero-order valence-electron chi connectivity index (χ0n) is 12.0. The molecule has 110 valence electrons. The third kappa shape index (κ3) is 5.11. The first kappa shape index (κ1) is 16.9. The summed E-state index contributed by atoms with van der Waals surface area (Å²) in [5.41, 5.74) is 0.657. The summed E-state index contributed by atoms with van der Waals surface area (Å²) in [6.45, 7) is 5.36. The standard InChI is InChI=1S/C15H21IN2O2/c1-3-9-17-14(19)11-18(10-4-2)15(20)12-7-5-6-8-13(12)16/h5-8H,3-4,9-11H2,1-2H3,(H,17,19). The van der Waals surface area contributed by atoms with Crippen LogP contribution in [-0.2, 0) is 4.79 Å². The van der Waals surface area contributed by atoms with Crippen molar-refractivity contribution in [3.8, 4) is 0 Å². The van der Waals surface area contributed by atoms with Gasteiger partial charge in [-0.2, -0.15) is 0 Å². The summed E-state index contributed by atoms with van der Waals surface area (Å²) in [5.74, 6) is -0.178. The number of carbonyl (C=O) groups is 2. The molecule has 2 amide bonds. The molecule has 0 atom stereocenters. The Kier molecular flexibility index (Phi) is 7.58. The molecule has 5 heteroatoms. The largest absolute Gasteiger partial charge is 0.355 e. The number of rotatable bonds is 7. The minimum atomic E-state index is -0.0976. The molecule has 1 rings (SSSR count). The molecule has 0 saturated heterocycles. The molecule has 0 aliphatic carbocycles. The molecule has 0 spiro atoms. The van der Waals surface area contributed by atoms with Gasteiger partial charge < -0.3 is 10.2 Å². The van der Waals surface area contributed by atoms with Crippen molar-refractivity contribution in [2.75, 3.05) is 19.6 Å². The Bertz CT molecular complexity index is 463. The molecule has 1 N–H and O–H groups in total. The Labute approximate surface area is 134 Å². The molecule has 0 fully saturated rings. The smallest absolute Gasteiger partial charge is 0.255 e. The van der Waals surface area contributed by atoms with Crippen LogP contribution in [0.3, 0.4) is 0 Å². The van der Waals surface area contributed by atoms with Crippen LogP contribution in [0.2, 0.25) is 0 Å². The van der Waals surface area contributed by atoms with Gasteiger partial charge in [-0.25, -0.2) is 0 Å². The third-order valence-corrected chi connectivity index (χ3v) is 3.73. The van der Waals surface area contributed by atoms with Gasteiger partial charge in [0.15, 0.2) is 0 Å². The average Bonchev–Trinajstić information content (AvgIpc) is 2.44. The van der Waals surface area contributed by atoms with Gasteiger partial charge in [0, 0.05) is 16.7 Å². The van der Waals surface area contributed by atoms with Crippen LogP contribution >= 0.6 is 22.6 Å². The van der Waals surface area contributed by atoms with E-state index < -0.39 is 0 Å². The van der Waals surface area contributed by atoms with Gasteiger partial charge in [-0.05, 0) is 47.6 Å². The molecule has 0 aliphatic heterocycles. The average molecular weight is 388 g/mol. The van der Waals surface area contributed by atoms with Crippen LogP contribution in [0.25, 0.3) is 0 Å². The molecule has 0 aromatic heterocycles. The fourth-order valence-electron chi connectivity index (χ4n) is 1.82. The van der Waals surface area contributed by atoms with Gasteiger partial charge in [0.1, 0.15) is 0 Å². The number of carbonyl (C=O) groups excluding carboxylic acids is 2. The Morgan fingerprint density at radius 2 is 1.90 bits per heavy atom. The Morgan fingerprint density at radius 3 is 2.50 bits per heavy atom. The molecule has 4 nitrogen and oxygen atoms in total. The van der Waals surface area contributed by atoms with Crippen molar-refractivity contribution in [2.24, 2.45) is 0 Å². The van der Waals surface area contributed by atoms with Crippen molar-refractivity contribution in [1.82, 2.24) is 10.2 Å². The van der Waals surface area contributed by atoms with Crippen LogP contribution in [0, 0.1) is 3.57 Å². The minimum absolute atomic E-state index is 0.0801. The van der Waals surface area contributed by atoms with Crippen molar-refractivity contribution >= 4 is 34.4 Å². The lowest BCUT2D eigenvalue weighted by atomic mass is 10.2. The first-order chi connectivity index (χ1) is 9.60. The van der Waals surface area contributed by atoms with E-state index in [-0.39, 0.29) is 18.4 Å². The van der Waals surface area contributed by atoms with E-state index in [0.29, 0.717) is 18.7 Å². The third-order valence-electron chi connectivity index (χ3n) is 2.79.